The lowest BCUT2D eigenvalue weighted by Crippen LogP contribution is -2.17. The molecule has 0 aliphatic carbocycles. The number of amides is 1. The first-order valence-electron chi connectivity index (χ1n) is 7.94. The number of anilines is 1. The lowest BCUT2D eigenvalue weighted by molar-refractivity contribution is -0.385. The predicted octanol–water partition coefficient (Wildman–Crippen LogP) is 4.24. The molecule has 0 saturated heterocycles. The van der Waals surface area contributed by atoms with Crippen molar-refractivity contribution in [3.05, 3.63) is 63.5 Å². The molecule has 3 aromatic rings. The molecule has 0 aliphatic heterocycles. The fraction of sp³-hybridized carbons (Fsp3) is 0.167. The van der Waals surface area contributed by atoms with E-state index in [-0.39, 0.29) is 5.69 Å². The SMILES string of the molecule is CSc1nc(-c2ccco2)nc(C)c1C(=O)Nc1cccc([N+](=O)[O-])c1C. The highest BCUT2D eigenvalue weighted by atomic mass is 32.2. The fourth-order valence-corrected chi connectivity index (χ4v) is 3.24. The Balaban J connectivity index is 1.98. The highest BCUT2D eigenvalue weighted by Crippen LogP contribution is 2.28. The van der Waals surface area contributed by atoms with Crippen molar-refractivity contribution in [2.45, 2.75) is 18.9 Å². The Bertz CT molecular complexity index is 1020. The molecule has 0 spiro atoms. The predicted molar refractivity (Wildman–Crippen MR) is 102 cm³/mol. The van der Waals surface area contributed by atoms with Crippen molar-refractivity contribution in [3.8, 4) is 11.6 Å². The van der Waals surface area contributed by atoms with Crippen LogP contribution in [0.4, 0.5) is 11.4 Å². The van der Waals surface area contributed by atoms with E-state index in [2.05, 4.69) is 15.3 Å². The zero-order chi connectivity index (χ0) is 19.6. The summed E-state index contributed by atoms with van der Waals surface area (Å²) in [5.74, 6) is 0.478. The van der Waals surface area contributed by atoms with Crippen LogP contribution in [-0.2, 0) is 0 Å². The molecule has 2 aromatic heterocycles. The first kappa shape index (κ1) is 18.6. The first-order chi connectivity index (χ1) is 12.9. The van der Waals surface area contributed by atoms with Gasteiger partial charge in [0.05, 0.1) is 33.7 Å². The van der Waals surface area contributed by atoms with Crippen molar-refractivity contribution in [2.75, 3.05) is 11.6 Å². The van der Waals surface area contributed by atoms with Crippen LogP contribution in [0.3, 0.4) is 0 Å². The summed E-state index contributed by atoms with van der Waals surface area (Å²) < 4.78 is 5.32. The number of nitrogens with zero attached hydrogens (tertiary/aromatic N) is 3. The Kier molecular flexibility index (Phi) is 5.22. The van der Waals surface area contributed by atoms with Gasteiger partial charge in [-0.1, -0.05) is 6.07 Å². The summed E-state index contributed by atoms with van der Waals surface area (Å²) in [6.07, 6.45) is 3.33. The molecule has 0 atom stereocenters. The van der Waals surface area contributed by atoms with Gasteiger partial charge in [-0.3, -0.25) is 14.9 Å². The lowest BCUT2D eigenvalue weighted by atomic mass is 10.1. The molecule has 2 heterocycles. The topological polar surface area (TPSA) is 111 Å². The molecule has 138 valence electrons. The highest BCUT2D eigenvalue weighted by Gasteiger charge is 2.22. The van der Waals surface area contributed by atoms with Crippen molar-refractivity contribution in [1.29, 1.82) is 0 Å². The summed E-state index contributed by atoms with van der Waals surface area (Å²) in [4.78, 5) is 32.2. The van der Waals surface area contributed by atoms with Crippen LogP contribution in [0.15, 0.2) is 46.0 Å². The largest absolute Gasteiger partial charge is 0.461 e. The quantitative estimate of drug-likeness (QED) is 0.303. The van der Waals surface area contributed by atoms with E-state index in [0.717, 1.165) is 0 Å². The smallest absolute Gasteiger partial charge is 0.274 e. The average Bonchev–Trinajstić information content (AvgIpc) is 3.17. The number of nitrogens with one attached hydrogen (secondary N) is 1. The van der Waals surface area contributed by atoms with Crippen LogP contribution in [0.1, 0.15) is 21.6 Å². The number of nitro groups is 1. The van der Waals surface area contributed by atoms with Crippen LogP contribution in [0.2, 0.25) is 0 Å². The molecule has 0 radical (unpaired) electrons. The van der Waals surface area contributed by atoms with Gasteiger partial charge in [0, 0.05) is 6.07 Å². The molecule has 0 bridgehead atoms. The van der Waals surface area contributed by atoms with Gasteiger partial charge < -0.3 is 9.73 Å². The number of aryl methyl sites for hydroxylation is 1. The molecule has 9 heteroatoms. The van der Waals surface area contributed by atoms with E-state index in [4.69, 9.17) is 4.42 Å². The standard InChI is InChI=1S/C18H16N4O4S/c1-10-12(6-4-7-13(10)22(24)25)20-17(23)15-11(2)19-16(21-18(15)27-3)14-8-5-9-26-14/h4-9H,1-3H3,(H,20,23). The number of carbonyl (C=O) groups is 1. The first-order valence-corrected chi connectivity index (χ1v) is 9.16. The van der Waals surface area contributed by atoms with Gasteiger partial charge in [-0.05, 0) is 38.3 Å². The van der Waals surface area contributed by atoms with Crippen LogP contribution < -0.4 is 5.32 Å². The number of furan rings is 1. The van der Waals surface area contributed by atoms with Crippen LogP contribution in [0.25, 0.3) is 11.6 Å². The van der Waals surface area contributed by atoms with Crippen molar-refractivity contribution in [1.82, 2.24) is 9.97 Å². The number of thioether (sulfide) groups is 1. The number of hydrogen-bond donors (Lipinski definition) is 1. The molecule has 0 fully saturated rings. The van der Waals surface area contributed by atoms with E-state index in [1.54, 1.807) is 32.0 Å². The molecule has 1 N–H and O–H groups in total. The number of carbonyl (C=O) groups excluding carboxylic acids is 1. The minimum Gasteiger partial charge on any atom is -0.461 e. The van der Waals surface area contributed by atoms with Gasteiger partial charge in [-0.15, -0.1) is 11.8 Å². The minimum atomic E-state index is -0.481. The van der Waals surface area contributed by atoms with Gasteiger partial charge >= 0.3 is 0 Å². The van der Waals surface area contributed by atoms with E-state index in [1.165, 1.54) is 30.2 Å². The van der Waals surface area contributed by atoms with Gasteiger partial charge in [0.2, 0.25) is 0 Å². The van der Waals surface area contributed by atoms with Crippen molar-refractivity contribution < 1.29 is 14.1 Å². The summed E-state index contributed by atoms with van der Waals surface area (Å²) >= 11 is 1.31. The average molecular weight is 384 g/mol. The van der Waals surface area contributed by atoms with Crippen LogP contribution in [0.5, 0.6) is 0 Å². The molecule has 3 rings (SSSR count). The normalized spacial score (nSPS) is 10.6. The van der Waals surface area contributed by atoms with Crippen molar-refractivity contribution in [3.63, 3.8) is 0 Å². The summed E-state index contributed by atoms with van der Waals surface area (Å²) in [5.41, 5.74) is 1.51. The number of aromatic nitrogens is 2. The number of benzene rings is 1. The van der Waals surface area contributed by atoms with E-state index in [9.17, 15) is 14.9 Å². The number of hydrogen-bond acceptors (Lipinski definition) is 7. The fourth-order valence-electron chi connectivity index (χ4n) is 2.61. The Morgan fingerprint density at radius 3 is 2.63 bits per heavy atom. The Hall–Kier alpha value is -3.20. The van der Waals surface area contributed by atoms with Gasteiger partial charge in [0.1, 0.15) is 5.03 Å². The third-order valence-corrected chi connectivity index (χ3v) is 4.65. The molecular formula is C18H16N4O4S. The zero-order valence-electron chi connectivity index (χ0n) is 14.8. The van der Waals surface area contributed by atoms with Crippen molar-refractivity contribution >= 4 is 29.0 Å². The molecule has 1 aromatic carbocycles. The molecular weight excluding hydrogens is 368 g/mol. The Morgan fingerprint density at radius 1 is 1.22 bits per heavy atom. The van der Waals surface area contributed by atoms with E-state index >= 15 is 0 Å². The van der Waals surface area contributed by atoms with Crippen LogP contribution in [-0.4, -0.2) is 27.1 Å². The molecule has 27 heavy (non-hydrogen) atoms. The summed E-state index contributed by atoms with van der Waals surface area (Å²) in [7, 11) is 0. The maximum atomic E-state index is 12.8. The zero-order valence-corrected chi connectivity index (χ0v) is 15.7. The molecule has 0 unspecified atom stereocenters. The summed E-state index contributed by atoms with van der Waals surface area (Å²) in [6.45, 7) is 3.30. The summed E-state index contributed by atoms with van der Waals surface area (Å²) in [5, 5.41) is 14.3. The molecule has 0 saturated carbocycles. The molecule has 8 nitrogen and oxygen atoms in total. The monoisotopic (exact) mass is 384 g/mol. The number of rotatable bonds is 5. The van der Waals surface area contributed by atoms with Gasteiger partial charge in [0.25, 0.3) is 11.6 Å². The van der Waals surface area contributed by atoms with Crippen LogP contribution in [0, 0.1) is 24.0 Å². The van der Waals surface area contributed by atoms with E-state index in [0.29, 0.717) is 39.1 Å². The lowest BCUT2D eigenvalue weighted by Gasteiger charge is -2.13. The third-order valence-electron chi connectivity index (χ3n) is 3.97. The second-order valence-corrected chi connectivity index (χ2v) is 6.45. The van der Waals surface area contributed by atoms with Crippen molar-refractivity contribution in [2.24, 2.45) is 0 Å². The van der Waals surface area contributed by atoms with E-state index in [1.807, 2.05) is 6.26 Å². The van der Waals surface area contributed by atoms with E-state index < -0.39 is 10.8 Å². The van der Waals surface area contributed by atoms with Crippen LogP contribution >= 0.6 is 11.8 Å². The minimum absolute atomic E-state index is 0.0565. The number of nitro benzene ring substituents is 1. The second-order valence-electron chi connectivity index (χ2n) is 5.66. The Morgan fingerprint density at radius 2 is 2.00 bits per heavy atom. The van der Waals surface area contributed by atoms with Gasteiger partial charge in [0.15, 0.2) is 11.6 Å². The maximum absolute atomic E-state index is 12.8. The second kappa shape index (κ2) is 7.58. The third kappa shape index (κ3) is 3.68. The molecule has 1 amide bonds. The maximum Gasteiger partial charge on any atom is 0.274 e. The summed E-state index contributed by atoms with van der Waals surface area (Å²) in [6, 6.07) is 8.01. The highest BCUT2D eigenvalue weighted by molar-refractivity contribution is 7.98. The van der Waals surface area contributed by atoms with Gasteiger partial charge in [-0.2, -0.15) is 0 Å². The Labute approximate surface area is 159 Å². The molecule has 0 aliphatic rings. The van der Waals surface area contributed by atoms with Gasteiger partial charge in [-0.25, -0.2) is 9.97 Å².